The van der Waals surface area contributed by atoms with Gasteiger partial charge >= 0.3 is 0 Å². The van der Waals surface area contributed by atoms with Crippen molar-refractivity contribution in [1.29, 1.82) is 0 Å². The molecule has 1 aliphatic rings. The van der Waals surface area contributed by atoms with Gasteiger partial charge in [-0.2, -0.15) is 0 Å². The van der Waals surface area contributed by atoms with Crippen LogP contribution in [0.1, 0.15) is 30.9 Å². The number of nitrogens with two attached hydrogens (primary N) is 1. The molecule has 82 valence electrons. The van der Waals surface area contributed by atoms with Gasteiger partial charge in [-0.05, 0) is 37.8 Å². The fourth-order valence-corrected chi connectivity index (χ4v) is 2.14. The lowest BCUT2D eigenvalue weighted by Gasteiger charge is -2.21. The Balaban J connectivity index is 2.51. The Morgan fingerprint density at radius 3 is 2.33 bits per heavy atom. The molecule has 0 heterocycles. The van der Waals surface area contributed by atoms with E-state index >= 15 is 0 Å². The summed E-state index contributed by atoms with van der Waals surface area (Å²) < 4.78 is 27.1. The summed E-state index contributed by atoms with van der Waals surface area (Å²) in [6, 6.07) is 3.16. The quantitative estimate of drug-likeness (QED) is 0.799. The lowest BCUT2D eigenvalue weighted by atomic mass is 9.88. The Labute approximate surface area is 88.3 Å². The molecule has 1 aliphatic carbocycles. The molecule has 0 aliphatic heterocycles. The maximum absolute atomic E-state index is 13.7. The van der Waals surface area contributed by atoms with Crippen molar-refractivity contribution in [3.05, 3.63) is 34.9 Å². The molecule has 1 atom stereocenters. The largest absolute Gasteiger partial charge is 0.327 e. The van der Waals surface area contributed by atoms with Crippen LogP contribution in [0, 0.1) is 18.6 Å². The fourth-order valence-electron chi connectivity index (χ4n) is 2.14. The minimum Gasteiger partial charge on any atom is -0.327 e. The Morgan fingerprint density at radius 2 is 1.87 bits per heavy atom. The Hall–Kier alpha value is -0.960. The van der Waals surface area contributed by atoms with Crippen molar-refractivity contribution in [3.8, 4) is 0 Å². The highest BCUT2D eigenvalue weighted by molar-refractivity contribution is 5.37. The maximum Gasteiger partial charge on any atom is 0.162 e. The van der Waals surface area contributed by atoms with Gasteiger partial charge in [0.1, 0.15) is 0 Å². The van der Waals surface area contributed by atoms with Gasteiger partial charge < -0.3 is 5.73 Å². The Bertz CT molecular complexity index is 395. The highest BCUT2D eigenvalue weighted by atomic mass is 19.2. The molecule has 1 unspecified atom stereocenters. The average Bonchev–Trinajstić information content (AvgIpc) is 2.95. The summed E-state index contributed by atoms with van der Waals surface area (Å²) in [5, 5.41) is 0. The van der Waals surface area contributed by atoms with Crippen LogP contribution in [0.25, 0.3) is 0 Å². The van der Waals surface area contributed by atoms with Crippen molar-refractivity contribution in [2.45, 2.75) is 38.1 Å². The van der Waals surface area contributed by atoms with Crippen LogP contribution in [-0.4, -0.2) is 6.04 Å². The molecule has 2 N–H and O–H groups in total. The van der Waals surface area contributed by atoms with Gasteiger partial charge in [-0.3, -0.25) is 0 Å². The third-order valence-electron chi connectivity index (χ3n) is 3.47. The number of aryl methyl sites for hydroxylation is 1. The zero-order valence-corrected chi connectivity index (χ0v) is 8.98. The third kappa shape index (κ3) is 1.46. The van der Waals surface area contributed by atoms with Crippen LogP contribution in [0.4, 0.5) is 8.78 Å². The van der Waals surface area contributed by atoms with Crippen molar-refractivity contribution >= 4 is 0 Å². The van der Waals surface area contributed by atoms with E-state index in [4.69, 9.17) is 5.73 Å². The number of hydrogen-bond donors (Lipinski definition) is 1. The van der Waals surface area contributed by atoms with Crippen molar-refractivity contribution in [3.63, 3.8) is 0 Å². The van der Waals surface area contributed by atoms with Crippen LogP contribution < -0.4 is 5.73 Å². The first-order chi connectivity index (χ1) is 6.99. The van der Waals surface area contributed by atoms with Crippen LogP contribution in [0.5, 0.6) is 0 Å². The summed E-state index contributed by atoms with van der Waals surface area (Å²) >= 11 is 0. The van der Waals surface area contributed by atoms with E-state index in [-0.39, 0.29) is 11.5 Å². The smallest absolute Gasteiger partial charge is 0.162 e. The van der Waals surface area contributed by atoms with E-state index in [1.54, 1.807) is 19.1 Å². The molecule has 1 fully saturated rings. The summed E-state index contributed by atoms with van der Waals surface area (Å²) in [6.45, 7) is 3.41. The molecule has 0 aromatic heterocycles. The highest BCUT2D eigenvalue weighted by Crippen LogP contribution is 2.51. The van der Waals surface area contributed by atoms with E-state index in [0.717, 1.165) is 12.8 Å². The molecule has 0 spiro atoms. The number of hydrogen-bond acceptors (Lipinski definition) is 1. The van der Waals surface area contributed by atoms with Gasteiger partial charge in [0.25, 0.3) is 0 Å². The van der Waals surface area contributed by atoms with Gasteiger partial charge in [0.15, 0.2) is 11.6 Å². The first-order valence-corrected chi connectivity index (χ1v) is 5.20. The zero-order valence-electron chi connectivity index (χ0n) is 8.98. The third-order valence-corrected chi connectivity index (χ3v) is 3.47. The summed E-state index contributed by atoms with van der Waals surface area (Å²) in [5.41, 5.74) is 6.30. The Morgan fingerprint density at radius 1 is 1.27 bits per heavy atom. The molecule has 0 radical (unpaired) electrons. The van der Waals surface area contributed by atoms with E-state index in [2.05, 4.69) is 0 Å². The van der Waals surface area contributed by atoms with Gasteiger partial charge in [0, 0.05) is 11.5 Å². The first-order valence-electron chi connectivity index (χ1n) is 5.20. The molecule has 2 rings (SSSR count). The predicted molar refractivity (Wildman–Crippen MR) is 55.7 cm³/mol. The van der Waals surface area contributed by atoms with Gasteiger partial charge in [-0.25, -0.2) is 8.78 Å². The van der Waals surface area contributed by atoms with Crippen LogP contribution in [0.3, 0.4) is 0 Å². The molecule has 1 aromatic rings. The number of rotatable bonds is 2. The van der Waals surface area contributed by atoms with Gasteiger partial charge in [-0.15, -0.1) is 0 Å². The average molecular weight is 211 g/mol. The van der Waals surface area contributed by atoms with Crippen LogP contribution in [0.15, 0.2) is 12.1 Å². The van der Waals surface area contributed by atoms with Crippen molar-refractivity contribution < 1.29 is 8.78 Å². The highest BCUT2D eigenvalue weighted by Gasteiger charge is 2.49. The second kappa shape index (κ2) is 3.27. The molecule has 0 bridgehead atoms. The van der Waals surface area contributed by atoms with Crippen molar-refractivity contribution in [1.82, 2.24) is 0 Å². The molecule has 0 saturated heterocycles. The SMILES string of the molecule is Cc1ccc(C2(C(C)N)CC2)c(F)c1F. The Kier molecular flexibility index (Phi) is 2.30. The maximum atomic E-state index is 13.7. The lowest BCUT2D eigenvalue weighted by Crippen LogP contribution is -2.32. The number of benzene rings is 1. The van der Waals surface area contributed by atoms with E-state index in [9.17, 15) is 8.78 Å². The molecule has 1 saturated carbocycles. The normalized spacial score (nSPS) is 20.1. The molecule has 1 nitrogen and oxygen atoms in total. The minimum atomic E-state index is -0.737. The second-order valence-corrected chi connectivity index (χ2v) is 4.50. The van der Waals surface area contributed by atoms with E-state index in [0.29, 0.717) is 11.1 Å². The van der Waals surface area contributed by atoms with Gasteiger partial charge in [-0.1, -0.05) is 12.1 Å². The van der Waals surface area contributed by atoms with Crippen molar-refractivity contribution in [2.75, 3.05) is 0 Å². The lowest BCUT2D eigenvalue weighted by molar-refractivity contribution is 0.460. The molecule has 15 heavy (non-hydrogen) atoms. The summed E-state index contributed by atoms with van der Waals surface area (Å²) in [5.74, 6) is -1.45. The fraction of sp³-hybridized carbons (Fsp3) is 0.500. The summed E-state index contributed by atoms with van der Waals surface area (Å²) in [7, 11) is 0. The van der Waals surface area contributed by atoms with Crippen LogP contribution in [-0.2, 0) is 5.41 Å². The molecule has 3 heteroatoms. The summed E-state index contributed by atoms with van der Waals surface area (Å²) in [6.07, 6.45) is 1.70. The molecule has 0 amide bonds. The zero-order chi connectivity index (χ0) is 11.2. The predicted octanol–water partition coefficient (Wildman–Crippen LogP) is 2.65. The van der Waals surface area contributed by atoms with Gasteiger partial charge in [0.2, 0.25) is 0 Å². The van der Waals surface area contributed by atoms with E-state index < -0.39 is 11.6 Å². The standard InChI is InChI=1S/C12H15F2N/c1-7-3-4-9(11(14)10(7)13)12(5-6-12)8(2)15/h3-4,8H,5-6,15H2,1-2H3. The van der Waals surface area contributed by atoms with Crippen LogP contribution >= 0.6 is 0 Å². The first kappa shape index (κ1) is 10.6. The number of halogens is 2. The van der Waals surface area contributed by atoms with Gasteiger partial charge in [0.05, 0.1) is 0 Å². The van der Waals surface area contributed by atoms with E-state index in [1.807, 2.05) is 6.92 Å². The second-order valence-electron chi connectivity index (χ2n) is 4.50. The monoisotopic (exact) mass is 211 g/mol. The summed E-state index contributed by atoms with van der Waals surface area (Å²) in [4.78, 5) is 0. The minimum absolute atomic E-state index is 0.130. The van der Waals surface area contributed by atoms with Crippen LogP contribution in [0.2, 0.25) is 0 Å². The topological polar surface area (TPSA) is 26.0 Å². The molecular formula is C12H15F2N. The molecular weight excluding hydrogens is 196 g/mol. The van der Waals surface area contributed by atoms with E-state index in [1.165, 1.54) is 0 Å². The van der Waals surface area contributed by atoms with Crippen molar-refractivity contribution in [2.24, 2.45) is 5.73 Å². The molecule has 1 aromatic carbocycles.